The molecule has 1 saturated heterocycles. The second kappa shape index (κ2) is 6.32. The van der Waals surface area contributed by atoms with Crippen molar-refractivity contribution in [1.29, 1.82) is 0 Å². The smallest absolute Gasteiger partial charge is 0.337 e. The van der Waals surface area contributed by atoms with Crippen molar-refractivity contribution in [3.05, 3.63) is 42.2 Å². The summed E-state index contributed by atoms with van der Waals surface area (Å²) in [5.74, 6) is 0.590. The summed E-state index contributed by atoms with van der Waals surface area (Å²) in [5, 5.41) is 0. The highest BCUT2D eigenvalue weighted by atomic mass is 16.5. The van der Waals surface area contributed by atoms with Gasteiger partial charge in [-0.25, -0.2) is 9.78 Å². The van der Waals surface area contributed by atoms with E-state index in [1.54, 1.807) is 6.07 Å². The van der Waals surface area contributed by atoms with E-state index in [-0.39, 0.29) is 5.97 Å². The standard InChI is InChI=1S/C17H21N3O2/c1-3-19-9-7-15(12-19)20-10-8-18-16(20)13-5-4-6-14(11-13)17(21)22-2/h4-6,8,10-11,15H,3,7,9,12H2,1-2H3. The molecule has 3 rings (SSSR count). The Morgan fingerprint density at radius 1 is 1.45 bits per heavy atom. The van der Waals surface area contributed by atoms with Gasteiger partial charge in [-0.15, -0.1) is 0 Å². The number of likely N-dealkylation sites (tertiary alicyclic amines) is 1. The van der Waals surface area contributed by atoms with Crippen LogP contribution in [-0.4, -0.2) is 47.2 Å². The monoisotopic (exact) mass is 299 g/mol. The van der Waals surface area contributed by atoms with Crippen LogP contribution in [0.25, 0.3) is 11.4 Å². The van der Waals surface area contributed by atoms with Crippen LogP contribution in [0.2, 0.25) is 0 Å². The van der Waals surface area contributed by atoms with E-state index in [1.165, 1.54) is 7.11 Å². The van der Waals surface area contributed by atoms with Gasteiger partial charge in [0.15, 0.2) is 0 Å². The fourth-order valence-electron chi connectivity index (χ4n) is 3.06. The molecule has 0 saturated carbocycles. The minimum absolute atomic E-state index is 0.321. The predicted octanol–water partition coefficient (Wildman–Crippen LogP) is 2.60. The number of ether oxygens (including phenoxy) is 1. The Kier molecular flexibility index (Phi) is 4.24. The molecule has 0 aliphatic carbocycles. The maximum atomic E-state index is 11.7. The Morgan fingerprint density at radius 3 is 3.05 bits per heavy atom. The van der Waals surface area contributed by atoms with E-state index < -0.39 is 0 Å². The largest absolute Gasteiger partial charge is 0.465 e. The van der Waals surface area contributed by atoms with Gasteiger partial charge in [0.2, 0.25) is 0 Å². The molecular formula is C17H21N3O2. The lowest BCUT2D eigenvalue weighted by molar-refractivity contribution is 0.0601. The van der Waals surface area contributed by atoms with Gasteiger partial charge >= 0.3 is 5.97 Å². The molecule has 116 valence electrons. The highest BCUT2D eigenvalue weighted by molar-refractivity contribution is 5.90. The van der Waals surface area contributed by atoms with E-state index in [0.717, 1.165) is 37.4 Å². The van der Waals surface area contributed by atoms with Gasteiger partial charge in [0.25, 0.3) is 0 Å². The number of esters is 1. The van der Waals surface area contributed by atoms with E-state index in [4.69, 9.17) is 4.74 Å². The van der Waals surface area contributed by atoms with Gasteiger partial charge in [0.05, 0.1) is 12.7 Å². The van der Waals surface area contributed by atoms with Crippen LogP contribution >= 0.6 is 0 Å². The molecule has 22 heavy (non-hydrogen) atoms. The molecule has 5 heteroatoms. The van der Waals surface area contributed by atoms with Crippen LogP contribution < -0.4 is 0 Å². The number of methoxy groups -OCH3 is 1. The number of rotatable bonds is 4. The zero-order valence-corrected chi connectivity index (χ0v) is 13.0. The van der Waals surface area contributed by atoms with E-state index in [9.17, 15) is 4.79 Å². The molecule has 0 amide bonds. The lowest BCUT2D eigenvalue weighted by Crippen LogP contribution is -2.21. The molecule has 1 aliphatic heterocycles. The molecular weight excluding hydrogens is 278 g/mol. The molecule has 1 aromatic carbocycles. The SMILES string of the molecule is CCN1CCC(n2ccnc2-c2cccc(C(=O)OC)c2)C1. The fraction of sp³-hybridized carbons (Fsp3) is 0.412. The third kappa shape index (κ3) is 2.76. The van der Waals surface area contributed by atoms with Gasteiger partial charge in [-0.05, 0) is 25.1 Å². The first kappa shape index (κ1) is 14.8. The zero-order chi connectivity index (χ0) is 15.5. The molecule has 5 nitrogen and oxygen atoms in total. The fourth-order valence-corrected chi connectivity index (χ4v) is 3.06. The number of hydrogen-bond donors (Lipinski definition) is 0. The molecule has 1 unspecified atom stereocenters. The van der Waals surface area contributed by atoms with Crippen molar-refractivity contribution >= 4 is 5.97 Å². The normalized spacial score (nSPS) is 18.5. The lowest BCUT2D eigenvalue weighted by Gasteiger charge is -2.17. The van der Waals surface area contributed by atoms with Crippen molar-refractivity contribution < 1.29 is 9.53 Å². The first-order valence-electron chi connectivity index (χ1n) is 7.67. The zero-order valence-electron chi connectivity index (χ0n) is 13.0. The van der Waals surface area contributed by atoms with Gasteiger partial charge in [-0.1, -0.05) is 19.1 Å². The quantitative estimate of drug-likeness (QED) is 0.814. The van der Waals surface area contributed by atoms with Crippen molar-refractivity contribution in [3.63, 3.8) is 0 Å². The van der Waals surface area contributed by atoms with Crippen LogP contribution in [-0.2, 0) is 4.74 Å². The molecule has 0 N–H and O–H groups in total. The van der Waals surface area contributed by atoms with Crippen LogP contribution in [0.1, 0.15) is 29.7 Å². The number of benzene rings is 1. The van der Waals surface area contributed by atoms with Crippen molar-refractivity contribution in [2.45, 2.75) is 19.4 Å². The van der Waals surface area contributed by atoms with Crippen molar-refractivity contribution in [2.75, 3.05) is 26.7 Å². The Hall–Kier alpha value is -2.14. The van der Waals surface area contributed by atoms with Gasteiger partial charge in [-0.3, -0.25) is 0 Å². The summed E-state index contributed by atoms with van der Waals surface area (Å²) in [6.07, 6.45) is 4.99. The third-order valence-corrected chi connectivity index (χ3v) is 4.30. The summed E-state index contributed by atoms with van der Waals surface area (Å²) in [6.45, 7) is 5.45. The molecule has 0 bridgehead atoms. The van der Waals surface area contributed by atoms with E-state index in [2.05, 4.69) is 21.4 Å². The van der Waals surface area contributed by atoms with Crippen LogP contribution in [0, 0.1) is 0 Å². The summed E-state index contributed by atoms with van der Waals surface area (Å²) in [4.78, 5) is 18.6. The van der Waals surface area contributed by atoms with Crippen LogP contribution in [0.5, 0.6) is 0 Å². The molecule has 2 aromatic rings. The van der Waals surface area contributed by atoms with Gasteiger partial charge in [0.1, 0.15) is 5.82 Å². The highest BCUT2D eigenvalue weighted by Gasteiger charge is 2.24. The second-order valence-corrected chi connectivity index (χ2v) is 5.57. The Balaban J connectivity index is 1.90. The average molecular weight is 299 g/mol. The number of carbonyl (C=O) groups excluding carboxylic acids is 1. The van der Waals surface area contributed by atoms with Crippen LogP contribution in [0.15, 0.2) is 36.7 Å². The molecule has 1 aromatic heterocycles. The summed E-state index contributed by atoms with van der Waals surface area (Å²) in [5.41, 5.74) is 1.50. The van der Waals surface area contributed by atoms with Crippen LogP contribution in [0.3, 0.4) is 0 Å². The Morgan fingerprint density at radius 2 is 2.32 bits per heavy atom. The molecule has 2 heterocycles. The second-order valence-electron chi connectivity index (χ2n) is 5.57. The predicted molar refractivity (Wildman–Crippen MR) is 84.8 cm³/mol. The van der Waals surface area contributed by atoms with E-state index >= 15 is 0 Å². The average Bonchev–Trinajstić information content (AvgIpc) is 3.22. The topological polar surface area (TPSA) is 47.4 Å². The minimum atomic E-state index is -0.321. The summed E-state index contributed by atoms with van der Waals surface area (Å²) < 4.78 is 7.02. The molecule has 1 fully saturated rings. The van der Waals surface area contributed by atoms with Crippen molar-refractivity contribution in [1.82, 2.24) is 14.5 Å². The van der Waals surface area contributed by atoms with E-state index in [1.807, 2.05) is 30.6 Å². The summed E-state index contributed by atoms with van der Waals surface area (Å²) in [6, 6.07) is 7.90. The molecule has 1 atom stereocenters. The number of aromatic nitrogens is 2. The maximum absolute atomic E-state index is 11.7. The van der Waals surface area contributed by atoms with Gasteiger partial charge in [-0.2, -0.15) is 0 Å². The Labute approximate surface area is 130 Å². The highest BCUT2D eigenvalue weighted by Crippen LogP contribution is 2.27. The first-order valence-corrected chi connectivity index (χ1v) is 7.67. The number of nitrogens with zero attached hydrogens (tertiary/aromatic N) is 3. The minimum Gasteiger partial charge on any atom is -0.465 e. The number of carbonyl (C=O) groups is 1. The number of imidazole rings is 1. The van der Waals surface area contributed by atoms with Crippen molar-refractivity contribution in [2.24, 2.45) is 0 Å². The summed E-state index contributed by atoms with van der Waals surface area (Å²) >= 11 is 0. The lowest BCUT2D eigenvalue weighted by atomic mass is 10.1. The van der Waals surface area contributed by atoms with Crippen molar-refractivity contribution in [3.8, 4) is 11.4 Å². The maximum Gasteiger partial charge on any atom is 0.337 e. The molecule has 0 spiro atoms. The molecule has 0 radical (unpaired) electrons. The third-order valence-electron chi connectivity index (χ3n) is 4.30. The summed E-state index contributed by atoms with van der Waals surface area (Å²) in [7, 11) is 1.40. The van der Waals surface area contributed by atoms with E-state index in [0.29, 0.717) is 11.6 Å². The Bertz CT molecular complexity index is 665. The first-order chi connectivity index (χ1) is 10.7. The van der Waals surface area contributed by atoms with Crippen LogP contribution in [0.4, 0.5) is 0 Å². The number of hydrogen-bond acceptors (Lipinski definition) is 4. The van der Waals surface area contributed by atoms with Gasteiger partial charge < -0.3 is 14.2 Å². The molecule has 1 aliphatic rings. The number of likely N-dealkylation sites (N-methyl/N-ethyl adjacent to an activating group) is 1. The van der Waals surface area contributed by atoms with Gasteiger partial charge in [0, 0.05) is 37.1 Å².